The van der Waals surface area contributed by atoms with E-state index in [-0.39, 0.29) is 11.6 Å². The maximum Gasteiger partial charge on any atom is 0.411 e. The fourth-order valence-corrected chi connectivity index (χ4v) is 1.17. The van der Waals surface area contributed by atoms with Crippen molar-refractivity contribution in [2.24, 2.45) is 0 Å². The third-order valence-corrected chi connectivity index (χ3v) is 1.82. The lowest BCUT2D eigenvalue weighted by molar-refractivity contribution is -0.0801. The maximum atomic E-state index is 11.9. The van der Waals surface area contributed by atoms with E-state index in [0.717, 1.165) is 0 Å². The van der Waals surface area contributed by atoms with Gasteiger partial charge in [0.1, 0.15) is 0 Å². The topological polar surface area (TPSA) is 17.1 Å². The van der Waals surface area contributed by atoms with Gasteiger partial charge in [-0.3, -0.25) is 4.79 Å². The van der Waals surface area contributed by atoms with Crippen molar-refractivity contribution >= 4 is 17.4 Å². The summed E-state index contributed by atoms with van der Waals surface area (Å²) in [6.07, 6.45) is -4.80. The Balaban J connectivity index is 2.92. The zero-order chi connectivity index (χ0) is 11.5. The SMILES string of the molecule is O=C(/C(Cl)=C\C(F)(F)F)c1ccccc1. The van der Waals surface area contributed by atoms with Gasteiger partial charge in [0, 0.05) is 11.6 Å². The molecule has 0 aromatic heterocycles. The van der Waals surface area contributed by atoms with Gasteiger partial charge in [-0.2, -0.15) is 13.2 Å². The van der Waals surface area contributed by atoms with E-state index < -0.39 is 17.0 Å². The van der Waals surface area contributed by atoms with Crippen LogP contribution in [0.25, 0.3) is 0 Å². The highest BCUT2D eigenvalue weighted by Gasteiger charge is 2.26. The van der Waals surface area contributed by atoms with Gasteiger partial charge < -0.3 is 0 Å². The first-order valence-corrected chi connectivity index (χ1v) is 4.33. The van der Waals surface area contributed by atoms with E-state index in [1.54, 1.807) is 18.2 Å². The van der Waals surface area contributed by atoms with Gasteiger partial charge in [0.25, 0.3) is 0 Å². The third kappa shape index (κ3) is 3.75. The molecule has 5 heteroatoms. The summed E-state index contributed by atoms with van der Waals surface area (Å²) >= 11 is 5.24. The van der Waals surface area contributed by atoms with Gasteiger partial charge in [-0.15, -0.1) is 0 Å². The molecule has 0 N–H and O–H groups in total. The zero-order valence-corrected chi connectivity index (χ0v) is 8.14. The van der Waals surface area contributed by atoms with Crippen LogP contribution in [0.3, 0.4) is 0 Å². The lowest BCUT2D eigenvalue weighted by Gasteiger charge is -2.01. The summed E-state index contributed by atoms with van der Waals surface area (Å²) in [6, 6.07) is 7.54. The van der Waals surface area contributed by atoms with Gasteiger partial charge >= 0.3 is 6.18 Å². The molecule has 0 atom stereocenters. The molecule has 0 amide bonds. The van der Waals surface area contributed by atoms with Gasteiger partial charge in [0.2, 0.25) is 5.78 Å². The van der Waals surface area contributed by atoms with Crippen molar-refractivity contribution in [2.75, 3.05) is 0 Å². The molecule has 0 aliphatic rings. The summed E-state index contributed by atoms with van der Waals surface area (Å²) in [5.74, 6) is -0.838. The minimum absolute atomic E-state index is 0.128. The van der Waals surface area contributed by atoms with Crippen molar-refractivity contribution in [1.82, 2.24) is 0 Å². The molecule has 1 nitrogen and oxygen atoms in total. The summed E-state index contributed by atoms with van der Waals surface area (Å²) < 4.78 is 35.6. The number of carbonyl (C=O) groups is 1. The summed E-state index contributed by atoms with van der Waals surface area (Å²) in [5.41, 5.74) is 0.128. The standard InChI is InChI=1S/C10H6ClF3O/c11-8(6-10(12,13)14)9(15)7-4-2-1-3-5-7/h1-6H/b8-6+. The summed E-state index contributed by atoms with van der Waals surface area (Å²) in [4.78, 5) is 11.3. The number of hydrogen-bond donors (Lipinski definition) is 0. The predicted molar refractivity (Wildman–Crippen MR) is 50.8 cm³/mol. The van der Waals surface area contributed by atoms with Crippen LogP contribution < -0.4 is 0 Å². The van der Waals surface area contributed by atoms with Gasteiger partial charge in [0.15, 0.2) is 0 Å². The highest BCUT2D eigenvalue weighted by Crippen LogP contribution is 2.22. The third-order valence-electron chi connectivity index (χ3n) is 1.54. The smallest absolute Gasteiger partial charge is 0.288 e. The summed E-state index contributed by atoms with van der Waals surface area (Å²) in [7, 11) is 0. The van der Waals surface area contributed by atoms with Crippen molar-refractivity contribution in [1.29, 1.82) is 0 Å². The van der Waals surface area contributed by atoms with Crippen LogP contribution in [0.5, 0.6) is 0 Å². The van der Waals surface area contributed by atoms with Crippen LogP contribution in [0.15, 0.2) is 41.4 Å². The zero-order valence-electron chi connectivity index (χ0n) is 7.38. The Hall–Kier alpha value is -1.29. The molecule has 0 spiro atoms. The Morgan fingerprint density at radius 2 is 1.73 bits per heavy atom. The van der Waals surface area contributed by atoms with Crippen molar-refractivity contribution < 1.29 is 18.0 Å². The number of hydrogen-bond acceptors (Lipinski definition) is 1. The number of carbonyl (C=O) groups excluding carboxylic acids is 1. The normalized spacial score (nSPS) is 12.7. The predicted octanol–water partition coefficient (Wildman–Crippen LogP) is 3.55. The summed E-state index contributed by atoms with van der Waals surface area (Å²) in [5, 5.41) is -0.839. The fraction of sp³-hybridized carbons (Fsp3) is 0.100. The van der Waals surface area contributed by atoms with Crippen LogP contribution in [0.2, 0.25) is 0 Å². The van der Waals surface area contributed by atoms with Crippen molar-refractivity contribution in [2.45, 2.75) is 6.18 Å². The molecule has 0 aliphatic carbocycles. The van der Waals surface area contributed by atoms with Crippen LogP contribution >= 0.6 is 11.6 Å². The number of halogens is 4. The number of benzene rings is 1. The second-order valence-electron chi connectivity index (χ2n) is 2.73. The van der Waals surface area contributed by atoms with Crippen molar-refractivity contribution in [3.8, 4) is 0 Å². The van der Waals surface area contributed by atoms with E-state index in [2.05, 4.69) is 0 Å². The monoisotopic (exact) mass is 234 g/mol. The van der Waals surface area contributed by atoms with Crippen LogP contribution in [-0.2, 0) is 0 Å². The number of ketones is 1. The van der Waals surface area contributed by atoms with Crippen LogP contribution in [0.1, 0.15) is 10.4 Å². The van der Waals surface area contributed by atoms with Crippen molar-refractivity contribution in [3.05, 3.63) is 47.0 Å². The Kier molecular flexibility index (Phi) is 3.52. The van der Waals surface area contributed by atoms with Gasteiger partial charge in [0.05, 0.1) is 5.03 Å². The number of Topliss-reactive ketones (excluding diaryl/α,β-unsaturated/α-hetero) is 1. The Labute approximate surface area is 89.2 Å². The molecule has 0 fully saturated rings. The minimum atomic E-state index is -4.58. The minimum Gasteiger partial charge on any atom is -0.288 e. The average molecular weight is 235 g/mol. The molecule has 1 aromatic rings. The van der Waals surface area contributed by atoms with E-state index in [1.165, 1.54) is 12.1 Å². The molecular formula is C10H6ClF3O. The molecule has 0 aliphatic heterocycles. The quantitative estimate of drug-likeness (QED) is 0.565. The second-order valence-corrected chi connectivity index (χ2v) is 3.14. The van der Waals surface area contributed by atoms with Gasteiger partial charge in [-0.25, -0.2) is 0 Å². The molecule has 80 valence electrons. The van der Waals surface area contributed by atoms with E-state index in [0.29, 0.717) is 0 Å². The molecular weight excluding hydrogens is 229 g/mol. The lowest BCUT2D eigenvalue weighted by Crippen LogP contribution is -2.07. The van der Waals surface area contributed by atoms with Crippen LogP contribution in [0.4, 0.5) is 13.2 Å². The molecule has 0 radical (unpaired) electrons. The van der Waals surface area contributed by atoms with E-state index in [9.17, 15) is 18.0 Å². The van der Waals surface area contributed by atoms with E-state index in [1.807, 2.05) is 0 Å². The molecule has 15 heavy (non-hydrogen) atoms. The highest BCUT2D eigenvalue weighted by molar-refractivity contribution is 6.45. The Morgan fingerprint density at radius 1 is 1.20 bits per heavy atom. The second kappa shape index (κ2) is 4.49. The first-order chi connectivity index (χ1) is 6.90. The average Bonchev–Trinajstić information content (AvgIpc) is 2.15. The molecule has 0 heterocycles. The first-order valence-electron chi connectivity index (χ1n) is 3.95. The first kappa shape index (κ1) is 11.8. The van der Waals surface area contributed by atoms with Crippen LogP contribution in [-0.4, -0.2) is 12.0 Å². The molecule has 1 aromatic carbocycles. The number of alkyl halides is 3. The van der Waals surface area contributed by atoms with Crippen LogP contribution in [0, 0.1) is 0 Å². The van der Waals surface area contributed by atoms with Gasteiger partial charge in [-0.05, 0) is 0 Å². The highest BCUT2D eigenvalue weighted by atomic mass is 35.5. The fourth-order valence-electron chi connectivity index (χ4n) is 0.937. The van der Waals surface area contributed by atoms with Gasteiger partial charge in [-0.1, -0.05) is 41.9 Å². The van der Waals surface area contributed by atoms with E-state index in [4.69, 9.17) is 11.6 Å². The Morgan fingerprint density at radius 3 is 2.20 bits per heavy atom. The number of rotatable bonds is 2. The largest absolute Gasteiger partial charge is 0.411 e. The lowest BCUT2D eigenvalue weighted by atomic mass is 10.1. The van der Waals surface area contributed by atoms with E-state index >= 15 is 0 Å². The number of allylic oxidation sites excluding steroid dienone is 2. The molecule has 0 bridgehead atoms. The molecule has 0 saturated heterocycles. The Bertz CT molecular complexity index is 381. The molecule has 1 rings (SSSR count). The maximum absolute atomic E-state index is 11.9. The molecule has 0 unspecified atom stereocenters. The molecule has 0 saturated carbocycles. The summed E-state index contributed by atoms with van der Waals surface area (Å²) in [6.45, 7) is 0. The van der Waals surface area contributed by atoms with Crippen molar-refractivity contribution in [3.63, 3.8) is 0 Å².